The predicted molar refractivity (Wildman–Crippen MR) is 87.9 cm³/mol. The van der Waals surface area contributed by atoms with E-state index in [1.807, 2.05) is 0 Å². The molecule has 0 radical (unpaired) electrons. The number of imidazole rings is 1. The Balaban J connectivity index is 2.18. The number of nitrogens with one attached hydrogen (secondary N) is 2. The topological polar surface area (TPSA) is 76.0 Å². The van der Waals surface area contributed by atoms with E-state index in [4.69, 9.17) is 0 Å². The monoisotopic (exact) mass is 356 g/mol. The van der Waals surface area contributed by atoms with Crippen LogP contribution in [0.25, 0.3) is 11.0 Å². The Morgan fingerprint density at radius 3 is 2.71 bits per heavy atom. The van der Waals surface area contributed by atoms with Gasteiger partial charge in [-0.25, -0.2) is 4.98 Å². The smallest absolute Gasteiger partial charge is 0.291 e. The van der Waals surface area contributed by atoms with Crippen LogP contribution < -0.4 is 10.6 Å². The van der Waals surface area contributed by atoms with Crippen LogP contribution in [0.15, 0.2) is 29.4 Å². The Kier molecular flexibility index (Phi) is 6.13. The second-order valence-electron chi connectivity index (χ2n) is 5.03. The normalized spacial score (nSPS) is 12.4. The summed E-state index contributed by atoms with van der Waals surface area (Å²) in [7, 11) is 0. The van der Waals surface area contributed by atoms with E-state index in [0.29, 0.717) is 17.6 Å². The summed E-state index contributed by atoms with van der Waals surface area (Å²) < 4.78 is 26.9. The van der Waals surface area contributed by atoms with E-state index in [-0.39, 0.29) is 29.4 Å². The first kappa shape index (κ1) is 18.2. The van der Waals surface area contributed by atoms with E-state index in [9.17, 15) is 18.4 Å². The summed E-state index contributed by atoms with van der Waals surface area (Å²) >= 11 is 0.285. The van der Waals surface area contributed by atoms with Gasteiger partial charge in [-0.3, -0.25) is 9.59 Å². The summed E-state index contributed by atoms with van der Waals surface area (Å²) in [5.41, 5.74) is 1.12. The van der Waals surface area contributed by atoms with Crippen molar-refractivity contribution in [1.29, 1.82) is 0 Å². The third kappa shape index (κ3) is 4.44. The first-order valence-corrected chi connectivity index (χ1v) is 8.27. The molecule has 0 spiro atoms. The van der Waals surface area contributed by atoms with E-state index in [1.54, 1.807) is 38.1 Å². The molecule has 2 amide bonds. The van der Waals surface area contributed by atoms with Crippen LogP contribution in [-0.4, -0.2) is 39.7 Å². The number of fused-ring (bicyclic) bond motifs is 1. The molecule has 24 heavy (non-hydrogen) atoms. The molecule has 0 aliphatic carbocycles. The molecule has 1 aromatic carbocycles. The largest absolute Gasteiger partial charge is 0.355 e. The van der Waals surface area contributed by atoms with Gasteiger partial charge >= 0.3 is 0 Å². The fourth-order valence-corrected chi connectivity index (χ4v) is 2.80. The third-order valence-corrected chi connectivity index (χ3v) is 3.94. The number of benzene rings is 1. The standard InChI is InChI=1S/C15H18F2N4O2S/c1-3-18-13(23)9(2)19-12(22)8-21-11-7-5-4-6-10(11)20-15(21)24-14(16)17/h4-7,9,14H,3,8H2,1-2H3,(H,18,23)(H,19,22). The fraction of sp³-hybridized carbons (Fsp3) is 0.400. The van der Waals surface area contributed by atoms with E-state index < -0.39 is 17.7 Å². The van der Waals surface area contributed by atoms with Gasteiger partial charge in [0.25, 0.3) is 5.76 Å². The molecule has 0 fully saturated rings. The number of amides is 2. The van der Waals surface area contributed by atoms with Gasteiger partial charge in [-0.2, -0.15) is 8.78 Å². The summed E-state index contributed by atoms with van der Waals surface area (Å²) in [5.74, 6) is -3.39. The summed E-state index contributed by atoms with van der Waals surface area (Å²) in [6.45, 7) is 3.60. The number of alkyl halides is 2. The Labute approximate surface area is 142 Å². The number of halogens is 2. The van der Waals surface area contributed by atoms with Crippen LogP contribution in [0.1, 0.15) is 13.8 Å². The lowest BCUT2D eigenvalue weighted by Gasteiger charge is -2.14. The Hall–Kier alpha value is -2.16. The number of para-hydroxylation sites is 2. The molecule has 0 bridgehead atoms. The number of thioether (sulfide) groups is 1. The molecular formula is C15H18F2N4O2S. The first-order chi connectivity index (χ1) is 11.4. The van der Waals surface area contributed by atoms with Crippen molar-refractivity contribution in [1.82, 2.24) is 20.2 Å². The van der Waals surface area contributed by atoms with Crippen molar-refractivity contribution in [3.8, 4) is 0 Å². The molecule has 2 N–H and O–H groups in total. The van der Waals surface area contributed by atoms with Crippen LogP contribution in [-0.2, 0) is 16.1 Å². The number of hydrogen-bond acceptors (Lipinski definition) is 4. The van der Waals surface area contributed by atoms with Gasteiger partial charge < -0.3 is 15.2 Å². The molecular weight excluding hydrogens is 338 g/mol. The van der Waals surface area contributed by atoms with Crippen molar-refractivity contribution in [2.24, 2.45) is 0 Å². The molecule has 9 heteroatoms. The zero-order valence-electron chi connectivity index (χ0n) is 13.3. The SMILES string of the molecule is CCNC(=O)C(C)NC(=O)Cn1c(SC(F)F)nc2ccccc21. The van der Waals surface area contributed by atoms with Gasteiger partial charge in [-0.05, 0) is 37.7 Å². The van der Waals surface area contributed by atoms with E-state index in [1.165, 1.54) is 4.57 Å². The number of nitrogens with zero attached hydrogens (tertiary/aromatic N) is 2. The van der Waals surface area contributed by atoms with E-state index in [0.717, 1.165) is 0 Å². The lowest BCUT2D eigenvalue weighted by atomic mass is 10.3. The Morgan fingerprint density at radius 2 is 2.04 bits per heavy atom. The zero-order chi connectivity index (χ0) is 17.7. The van der Waals surface area contributed by atoms with Crippen LogP contribution in [0.3, 0.4) is 0 Å². The highest BCUT2D eigenvalue weighted by molar-refractivity contribution is 7.99. The average Bonchev–Trinajstić information content (AvgIpc) is 2.84. The molecule has 1 atom stereocenters. The molecule has 2 aromatic rings. The molecule has 130 valence electrons. The molecule has 1 heterocycles. The second kappa shape index (κ2) is 8.09. The minimum Gasteiger partial charge on any atom is -0.355 e. The van der Waals surface area contributed by atoms with Gasteiger partial charge in [0.05, 0.1) is 11.0 Å². The quantitative estimate of drug-likeness (QED) is 0.744. The zero-order valence-corrected chi connectivity index (χ0v) is 14.1. The molecule has 1 aromatic heterocycles. The number of rotatable bonds is 7. The maximum atomic E-state index is 12.7. The number of likely N-dealkylation sites (N-methyl/N-ethyl adjacent to an activating group) is 1. The predicted octanol–water partition coefficient (Wildman–Crippen LogP) is 1.99. The van der Waals surface area contributed by atoms with Crippen molar-refractivity contribution >= 4 is 34.6 Å². The molecule has 6 nitrogen and oxygen atoms in total. The summed E-state index contributed by atoms with van der Waals surface area (Å²) in [5, 5.41) is 5.21. The molecule has 1 unspecified atom stereocenters. The second-order valence-corrected chi connectivity index (χ2v) is 5.99. The lowest BCUT2D eigenvalue weighted by molar-refractivity contribution is -0.128. The third-order valence-electron chi connectivity index (χ3n) is 3.24. The van der Waals surface area contributed by atoms with Gasteiger partial charge in [-0.15, -0.1) is 0 Å². The van der Waals surface area contributed by atoms with Crippen molar-refractivity contribution < 1.29 is 18.4 Å². The number of carbonyl (C=O) groups is 2. The molecule has 0 aliphatic heterocycles. The van der Waals surface area contributed by atoms with Crippen LogP contribution in [0.2, 0.25) is 0 Å². The highest BCUT2D eigenvalue weighted by Gasteiger charge is 2.20. The minimum absolute atomic E-state index is 0.0620. The van der Waals surface area contributed by atoms with Crippen molar-refractivity contribution in [2.75, 3.05) is 6.54 Å². The highest BCUT2D eigenvalue weighted by Crippen LogP contribution is 2.28. The van der Waals surface area contributed by atoms with Crippen LogP contribution in [0.5, 0.6) is 0 Å². The van der Waals surface area contributed by atoms with Crippen molar-refractivity contribution in [3.05, 3.63) is 24.3 Å². The summed E-state index contributed by atoms with van der Waals surface area (Å²) in [4.78, 5) is 28.0. The molecule has 0 aliphatic rings. The van der Waals surface area contributed by atoms with Crippen molar-refractivity contribution in [3.63, 3.8) is 0 Å². The van der Waals surface area contributed by atoms with E-state index >= 15 is 0 Å². The highest BCUT2D eigenvalue weighted by atomic mass is 32.2. The Bertz CT molecular complexity index is 735. The van der Waals surface area contributed by atoms with Gasteiger partial charge in [0.1, 0.15) is 12.6 Å². The van der Waals surface area contributed by atoms with Crippen molar-refractivity contribution in [2.45, 2.75) is 37.3 Å². The van der Waals surface area contributed by atoms with Crippen LogP contribution in [0.4, 0.5) is 8.78 Å². The van der Waals surface area contributed by atoms with E-state index in [2.05, 4.69) is 15.6 Å². The maximum absolute atomic E-state index is 12.7. The van der Waals surface area contributed by atoms with Gasteiger partial charge in [0.2, 0.25) is 11.8 Å². The maximum Gasteiger partial charge on any atom is 0.291 e. The van der Waals surface area contributed by atoms with Gasteiger partial charge in [0, 0.05) is 6.54 Å². The number of hydrogen-bond donors (Lipinski definition) is 2. The Morgan fingerprint density at radius 1 is 1.33 bits per heavy atom. The van der Waals surface area contributed by atoms with Gasteiger partial charge in [0.15, 0.2) is 5.16 Å². The summed E-state index contributed by atoms with van der Waals surface area (Å²) in [6, 6.07) is 6.17. The molecule has 2 rings (SSSR count). The van der Waals surface area contributed by atoms with Crippen LogP contribution in [0, 0.1) is 0 Å². The molecule has 0 saturated carbocycles. The number of carbonyl (C=O) groups excluding carboxylic acids is 2. The lowest BCUT2D eigenvalue weighted by Crippen LogP contribution is -2.45. The molecule has 0 saturated heterocycles. The first-order valence-electron chi connectivity index (χ1n) is 7.39. The fourth-order valence-electron chi connectivity index (χ4n) is 2.20. The van der Waals surface area contributed by atoms with Crippen LogP contribution >= 0.6 is 11.8 Å². The average molecular weight is 356 g/mol. The van der Waals surface area contributed by atoms with Gasteiger partial charge in [-0.1, -0.05) is 12.1 Å². The minimum atomic E-state index is -2.64. The summed E-state index contributed by atoms with van der Waals surface area (Å²) in [6.07, 6.45) is 0. The number of aromatic nitrogens is 2.